The number of nitriles is 1. The van der Waals surface area contributed by atoms with Crippen molar-refractivity contribution < 1.29 is 4.79 Å². The van der Waals surface area contributed by atoms with E-state index in [1.165, 1.54) is 16.8 Å². The van der Waals surface area contributed by atoms with Gasteiger partial charge in [-0.3, -0.25) is 18.7 Å². The summed E-state index contributed by atoms with van der Waals surface area (Å²) < 4.78 is 2.45. The van der Waals surface area contributed by atoms with Gasteiger partial charge >= 0.3 is 5.69 Å². The van der Waals surface area contributed by atoms with E-state index in [1.54, 1.807) is 24.3 Å². The van der Waals surface area contributed by atoms with Crippen molar-refractivity contribution in [2.24, 2.45) is 0 Å². The number of hydrogen-bond donors (Lipinski definition) is 1. The number of aromatic nitrogens is 2. The van der Waals surface area contributed by atoms with Crippen LogP contribution in [0, 0.1) is 11.3 Å². The van der Waals surface area contributed by atoms with Crippen molar-refractivity contribution in [1.29, 1.82) is 5.26 Å². The number of nitrogens with zero attached hydrogens (tertiary/aromatic N) is 3. The van der Waals surface area contributed by atoms with Crippen LogP contribution in [0.3, 0.4) is 0 Å². The molecule has 1 aromatic heterocycles. The quantitative estimate of drug-likeness (QED) is 0.889. The molecule has 2 aromatic rings. The molecule has 122 valence electrons. The molecule has 24 heavy (non-hydrogen) atoms. The minimum absolute atomic E-state index is 0.139. The van der Waals surface area contributed by atoms with Gasteiger partial charge in [-0.05, 0) is 30.5 Å². The molecule has 1 aliphatic carbocycles. The van der Waals surface area contributed by atoms with Crippen molar-refractivity contribution in [2.75, 3.05) is 5.32 Å². The number of hydrogen-bond acceptors (Lipinski definition) is 4. The number of amides is 1. The van der Waals surface area contributed by atoms with Crippen LogP contribution in [-0.4, -0.2) is 15.0 Å². The van der Waals surface area contributed by atoms with Gasteiger partial charge in [0, 0.05) is 24.0 Å². The zero-order chi connectivity index (χ0) is 17.1. The third-order valence-electron chi connectivity index (χ3n) is 3.86. The Bertz CT molecular complexity index is 915. The minimum Gasteiger partial charge on any atom is -0.325 e. The summed E-state index contributed by atoms with van der Waals surface area (Å²) in [5.74, 6) is -0.448. The molecule has 0 spiro atoms. The number of nitrogens with one attached hydrogen (secondary N) is 1. The van der Waals surface area contributed by atoms with Gasteiger partial charge in [0.2, 0.25) is 5.91 Å². The van der Waals surface area contributed by atoms with Crippen LogP contribution in [0.25, 0.3) is 0 Å². The molecule has 0 unspecified atom stereocenters. The Balaban J connectivity index is 1.73. The average Bonchev–Trinajstić information content (AvgIpc) is 3.38. The number of carbonyl (C=O) groups is 1. The maximum absolute atomic E-state index is 12.3. The largest absolute Gasteiger partial charge is 0.331 e. The number of rotatable bonds is 5. The van der Waals surface area contributed by atoms with Crippen LogP contribution < -0.4 is 16.6 Å². The van der Waals surface area contributed by atoms with Crippen LogP contribution in [0.2, 0.25) is 0 Å². The van der Waals surface area contributed by atoms with E-state index in [-0.39, 0.29) is 12.6 Å². The third kappa shape index (κ3) is 3.43. The van der Waals surface area contributed by atoms with Crippen LogP contribution in [0.15, 0.2) is 46.1 Å². The van der Waals surface area contributed by atoms with E-state index < -0.39 is 17.2 Å². The fraction of sp³-hybridized carbons (Fsp3) is 0.294. The molecule has 1 aliphatic rings. The second-order valence-electron chi connectivity index (χ2n) is 5.74. The Kier molecular flexibility index (Phi) is 4.29. The third-order valence-corrected chi connectivity index (χ3v) is 3.86. The molecule has 0 aliphatic heterocycles. The SMILES string of the molecule is N#CCc1ccc(NC(=O)Cn2c(=O)ccn(C3CC3)c2=O)cc1. The van der Waals surface area contributed by atoms with E-state index in [0.29, 0.717) is 12.1 Å². The molecule has 1 heterocycles. The van der Waals surface area contributed by atoms with Gasteiger partial charge < -0.3 is 5.32 Å². The van der Waals surface area contributed by atoms with Crippen LogP contribution in [0.5, 0.6) is 0 Å². The van der Waals surface area contributed by atoms with Gasteiger partial charge in [0.1, 0.15) is 6.54 Å². The van der Waals surface area contributed by atoms with Crippen LogP contribution >= 0.6 is 0 Å². The Morgan fingerprint density at radius 3 is 2.54 bits per heavy atom. The highest BCUT2D eigenvalue weighted by Crippen LogP contribution is 2.32. The molecule has 1 amide bonds. The summed E-state index contributed by atoms with van der Waals surface area (Å²) in [6.45, 7) is -0.328. The van der Waals surface area contributed by atoms with Gasteiger partial charge in [-0.15, -0.1) is 0 Å². The molecule has 1 N–H and O–H groups in total. The zero-order valence-electron chi connectivity index (χ0n) is 12.9. The van der Waals surface area contributed by atoms with Crippen molar-refractivity contribution >= 4 is 11.6 Å². The highest BCUT2D eigenvalue weighted by molar-refractivity contribution is 5.90. The van der Waals surface area contributed by atoms with E-state index in [0.717, 1.165) is 23.0 Å². The summed E-state index contributed by atoms with van der Waals surface area (Å²) in [6, 6.07) is 10.3. The van der Waals surface area contributed by atoms with Crippen LogP contribution in [-0.2, 0) is 17.8 Å². The molecule has 1 saturated carbocycles. The van der Waals surface area contributed by atoms with Gasteiger partial charge in [0.15, 0.2) is 0 Å². The Morgan fingerprint density at radius 1 is 1.21 bits per heavy atom. The molecule has 0 saturated heterocycles. The summed E-state index contributed by atoms with van der Waals surface area (Å²) in [6.07, 6.45) is 3.62. The summed E-state index contributed by atoms with van der Waals surface area (Å²) in [7, 11) is 0. The van der Waals surface area contributed by atoms with Gasteiger partial charge in [-0.1, -0.05) is 12.1 Å². The smallest absolute Gasteiger partial charge is 0.325 e. The maximum Gasteiger partial charge on any atom is 0.331 e. The Morgan fingerprint density at radius 2 is 1.92 bits per heavy atom. The lowest BCUT2D eigenvalue weighted by atomic mass is 10.1. The Labute approximate surface area is 137 Å². The van der Waals surface area contributed by atoms with Crippen molar-refractivity contribution in [3.05, 3.63) is 62.9 Å². The van der Waals surface area contributed by atoms with E-state index in [4.69, 9.17) is 5.26 Å². The molecule has 0 bridgehead atoms. The van der Waals surface area contributed by atoms with Crippen LogP contribution in [0.4, 0.5) is 5.69 Å². The molecule has 7 heteroatoms. The second-order valence-corrected chi connectivity index (χ2v) is 5.74. The molecule has 1 fully saturated rings. The molecule has 0 radical (unpaired) electrons. The fourth-order valence-corrected chi connectivity index (χ4v) is 2.45. The van der Waals surface area contributed by atoms with Crippen LogP contribution in [0.1, 0.15) is 24.4 Å². The number of anilines is 1. The van der Waals surface area contributed by atoms with Crippen molar-refractivity contribution in [1.82, 2.24) is 9.13 Å². The number of benzene rings is 1. The maximum atomic E-state index is 12.3. The summed E-state index contributed by atoms with van der Waals surface area (Å²) in [5, 5.41) is 11.3. The topological polar surface area (TPSA) is 96.9 Å². The van der Waals surface area contributed by atoms with Gasteiger partial charge in [-0.25, -0.2) is 4.79 Å². The fourth-order valence-electron chi connectivity index (χ4n) is 2.45. The van der Waals surface area contributed by atoms with E-state index in [2.05, 4.69) is 5.32 Å². The highest BCUT2D eigenvalue weighted by Gasteiger charge is 2.25. The first-order valence-corrected chi connectivity index (χ1v) is 7.66. The first-order chi connectivity index (χ1) is 11.6. The first-order valence-electron chi connectivity index (χ1n) is 7.66. The van der Waals surface area contributed by atoms with E-state index in [9.17, 15) is 14.4 Å². The molecule has 3 rings (SSSR count). The first kappa shape index (κ1) is 15.7. The monoisotopic (exact) mass is 324 g/mol. The second kappa shape index (κ2) is 6.54. The zero-order valence-corrected chi connectivity index (χ0v) is 12.9. The summed E-state index contributed by atoms with van der Waals surface area (Å²) in [4.78, 5) is 36.3. The lowest BCUT2D eigenvalue weighted by Gasteiger charge is -2.09. The van der Waals surface area contributed by atoms with E-state index >= 15 is 0 Å². The lowest BCUT2D eigenvalue weighted by Crippen LogP contribution is -2.41. The molecule has 1 aromatic carbocycles. The molecular weight excluding hydrogens is 308 g/mol. The predicted octanol–water partition coefficient (Wildman–Crippen LogP) is 1.05. The standard InChI is InChI=1S/C17H16N4O3/c18-9-7-12-1-3-13(4-2-12)19-15(22)11-21-16(23)8-10-20(17(21)24)14-5-6-14/h1-4,8,10,14H,5-7,11H2,(H,19,22). The van der Waals surface area contributed by atoms with Gasteiger partial charge in [-0.2, -0.15) is 5.26 Å². The summed E-state index contributed by atoms with van der Waals surface area (Å²) >= 11 is 0. The molecular formula is C17H16N4O3. The summed E-state index contributed by atoms with van der Waals surface area (Å²) in [5.41, 5.74) is 0.455. The molecule has 0 atom stereocenters. The minimum atomic E-state index is -0.489. The van der Waals surface area contributed by atoms with Crippen molar-refractivity contribution in [3.8, 4) is 6.07 Å². The van der Waals surface area contributed by atoms with Gasteiger partial charge in [0.25, 0.3) is 5.56 Å². The predicted molar refractivity (Wildman–Crippen MR) is 87.6 cm³/mol. The normalized spacial score (nSPS) is 13.3. The van der Waals surface area contributed by atoms with Crippen molar-refractivity contribution in [3.63, 3.8) is 0 Å². The lowest BCUT2D eigenvalue weighted by molar-refractivity contribution is -0.116. The average molecular weight is 324 g/mol. The Hall–Kier alpha value is -3.14. The van der Waals surface area contributed by atoms with Crippen molar-refractivity contribution in [2.45, 2.75) is 31.8 Å². The number of carbonyl (C=O) groups excluding carboxylic acids is 1. The van der Waals surface area contributed by atoms with E-state index in [1.807, 2.05) is 6.07 Å². The van der Waals surface area contributed by atoms with Gasteiger partial charge in [0.05, 0.1) is 12.5 Å². The highest BCUT2D eigenvalue weighted by atomic mass is 16.2. The molecule has 7 nitrogen and oxygen atoms in total.